The summed E-state index contributed by atoms with van der Waals surface area (Å²) in [5.41, 5.74) is 0.659. The van der Waals surface area contributed by atoms with Gasteiger partial charge in [0.15, 0.2) is 0 Å². The van der Waals surface area contributed by atoms with Crippen LogP contribution >= 0.6 is 0 Å². The van der Waals surface area contributed by atoms with E-state index in [2.05, 4.69) is 15.5 Å². The van der Waals surface area contributed by atoms with Crippen molar-refractivity contribution >= 4 is 21.7 Å². The van der Waals surface area contributed by atoms with Crippen LogP contribution in [0.4, 0.5) is 22.0 Å². The second-order valence-electron chi connectivity index (χ2n) is 4.87. The molecule has 1 aromatic carbocycles. The smallest absolute Gasteiger partial charge is 0.432 e. The molecule has 0 spiro atoms. The Morgan fingerprint density at radius 1 is 1.08 bits per heavy atom. The van der Waals surface area contributed by atoms with E-state index in [1.54, 1.807) is 6.92 Å². The second-order valence-corrected chi connectivity index (χ2v) is 6.65. The molecule has 5 nitrogen and oxygen atoms in total. The van der Waals surface area contributed by atoms with E-state index in [1.807, 2.05) is 0 Å². The zero-order chi connectivity index (χ0) is 19.6. The average molecular weight is 388 g/mol. The van der Waals surface area contributed by atoms with Gasteiger partial charge in [0.25, 0.3) is 6.10 Å². The molecule has 25 heavy (non-hydrogen) atoms. The third-order valence-electron chi connectivity index (χ3n) is 2.99. The standard InChI is InChI=1S/C14H13F5O5S/c1-8(2)9-4-6-10(7-5-9)11(20)24-12(13(15,16)17)14(18,19)25(21,22)23-3/h4-7,12H,1H2,2-3H3. The molecule has 0 N–H and O–H groups in total. The Kier molecular flexibility index (Phi) is 5.96. The first-order chi connectivity index (χ1) is 11.2. The summed E-state index contributed by atoms with van der Waals surface area (Å²) in [6, 6.07) is 4.68. The van der Waals surface area contributed by atoms with Crippen LogP contribution in [0.5, 0.6) is 0 Å². The highest BCUT2D eigenvalue weighted by molar-refractivity contribution is 7.87. The molecule has 0 aliphatic rings. The lowest BCUT2D eigenvalue weighted by Gasteiger charge is -2.27. The van der Waals surface area contributed by atoms with Gasteiger partial charge in [0.05, 0.1) is 12.7 Å². The molecule has 1 aromatic rings. The number of allylic oxidation sites excluding steroid dienone is 1. The lowest BCUT2D eigenvalue weighted by molar-refractivity contribution is -0.248. The Morgan fingerprint density at radius 3 is 1.88 bits per heavy atom. The summed E-state index contributed by atoms with van der Waals surface area (Å²) >= 11 is 0. The molecule has 0 aromatic heterocycles. The Morgan fingerprint density at radius 2 is 1.52 bits per heavy atom. The van der Waals surface area contributed by atoms with E-state index in [4.69, 9.17) is 0 Å². The number of carbonyl (C=O) groups is 1. The van der Waals surface area contributed by atoms with E-state index in [0.29, 0.717) is 11.1 Å². The van der Waals surface area contributed by atoms with Crippen LogP contribution in [-0.4, -0.2) is 39.0 Å². The predicted molar refractivity (Wildman–Crippen MR) is 77.3 cm³/mol. The van der Waals surface area contributed by atoms with E-state index in [9.17, 15) is 35.2 Å². The fourth-order valence-electron chi connectivity index (χ4n) is 1.63. The minimum absolute atomic E-state index is 0.259. The molecule has 0 fully saturated rings. The third-order valence-corrected chi connectivity index (χ3v) is 4.31. The molecule has 0 radical (unpaired) electrons. The van der Waals surface area contributed by atoms with E-state index in [1.165, 1.54) is 12.1 Å². The van der Waals surface area contributed by atoms with Crippen molar-refractivity contribution in [3.05, 3.63) is 42.0 Å². The Balaban J connectivity index is 3.19. The van der Waals surface area contributed by atoms with Gasteiger partial charge in [-0.25, -0.2) is 4.79 Å². The van der Waals surface area contributed by atoms with Crippen LogP contribution in [0.15, 0.2) is 30.8 Å². The van der Waals surface area contributed by atoms with Gasteiger partial charge >= 0.3 is 27.5 Å². The fraction of sp³-hybridized carbons (Fsp3) is 0.357. The van der Waals surface area contributed by atoms with Gasteiger partial charge in [-0.05, 0) is 24.6 Å². The van der Waals surface area contributed by atoms with Gasteiger partial charge in [-0.1, -0.05) is 24.3 Å². The molecule has 0 amide bonds. The predicted octanol–water partition coefficient (Wildman–Crippen LogP) is 3.38. The summed E-state index contributed by atoms with van der Waals surface area (Å²) in [5.74, 6) is -1.78. The van der Waals surface area contributed by atoms with Gasteiger partial charge in [-0.3, -0.25) is 4.18 Å². The number of alkyl halides is 5. The van der Waals surface area contributed by atoms with Crippen LogP contribution < -0.4 is 0 Å². The van der Waals surface area contributed by atoms with E-state index in [0.717, 1.165) is 12.1 Å². The maximum Gasteiger partial charge on any atom is 0.432 e. The molecular formula is C14H13F5O5S. The zero-order valence-corrected chi connectivity index (χ0v) is 13.7. The highest BCUT2D eigenvalue weighted by atomic mass is 32.2. The lowest BCUT2D eigenvalue weighted by Crippen LogP contribution is -2.52. The van der Waals surface area contributed by atoms with Crippen molar-refractivity contribution in [2.45, 2.75) is 24.5 Å². The van der Waals surface area contributed by atoms with Crippen LogP contribution in [0.25, 0.3) is 5.57 Å². The third kappa shape index (κ3) is 4.54. The van der Waals surface area contributed by atoms with Crippen molar-refractivity contribution in [3.8, 4) is 0 Å². The highest BCUT2D eigenvalue weighted by Gasteiger charge is 2.66. The molecule has 1 rings (SSSR count). The van der Waals surface area contributed by atoms with Gasteiger partial charge in [-0.15, -0.1) is 0 Å². The van der Waals surface area contributed by atoms with Crippen LogP contribution in [0.1, 0.15) is 22.8 Å². The van der Waals surface area contributed by atoms with Crippen LogP contribution in [0.3, 0.4) is 0 Å². The Labute approximate surface area is 140 Å². The molecular weight excluding hydrogens is 375 g/mol. The molecule has 1 unspecified atom stereocenters. The number of hydrogen-bond donors (Lipinski definition) is 0. The molecule has 0 aliphatic carbocycles. The molecule has 0 heterocycles. The SMILES string of the molecule is C=C(C)c1ccc(C(=O)OC(C(F)(F)F)C(F)(F)S(=O)(=O)OC)cc1. The summed E-state index contributed by atoms with van der Waals surface area (Å²) in [5, 5.41) is -5.53. The Bertz CT molecular complexity index is 753. The van der Waals surface area contributed by atoms with Crippen LogP contribution in [-0.2, 0) is 19.0 Å². The van der Waals surface area contributed by atoms with E-state index in [-0.39, 0.29) is 7.11 Å². The number of carbonyl (C=O) groups excluding carboxylic acids is 1. The average Bonchev–Trinajstić information content (AvgIpc) is 2.50. The van der Waals surface area contributed by atoms with Gasteiger partial charge in [-0.2, -0.15) is 30.4 Å². The van der Waals surface area contributed by atoms with Crippen LogP contribution in [0, 0.1) is 0 Å². The fourth-order valence-corrected chi connectivity index (χ4v) is 2.30. The molecule has 1 atom stereocenters. The van der Waals surface area contributed by atoms with Gasteiger partial charge in [0, 0.05) is 0 Å². The van der Waals surface area contributed by atoms with E-state index >= 15 is 0 Å². The van der Waals surface area contributed by atoms with Crippen molar-refractivity contribution in [2.24, 2.45) is 0 Å². The van der Waals surface area contributed by atoms with Gasteiger partial charge in [0.1, 0.15) is 0 Å². The van der Waals surface area contributed by atoms with Crippen molar-refractivity contribution in [2.75, 3.05) is 7.11 Å². The molecule has 0 saturated carbocycles. The summed E-state index contributed by atoms with van der Waals surface area (Å²) < 4.78 is 95.2. The number of rotatable bonds is 6. The monoisotopic (exact) mass is 388 g/mol. The van der Waals surface area contributed by atoms with Crippen molar-refractivity contribution in [3.63, 3.8) is 0 Å². The number of halogens is 5. The molecule has 0 saturated heterocycles. The van der Waals surface area contributed by atoms with Crippen molar-refractivity contribution in [1.29, 1.82) is 0 Å². The van der Waals surface area contributed by atoms with E-state index < -0.39 is 39.2 Å². The van der Waals surface area contributed by atoms with Gasteiger partial charge < -0.3 is 4.74 Å². The topological polar surface area (TPSA) is 69.7 Å². The number of esters is 1. The maximum atomic E-state index is 13.7. The first kappa shape index (κ1) is 21.0. The van der Waals surface area contributed by atoms with Crippen molar-refractivity contribution < 1.29 is 44.1 Å². The minimum atomic E-state index is -5.97. The number of benzene rings is 1. The largest absolute Gasteiger partial charge is 0.441 e. The normalized spacial score (nSPS) is 14.0. The van der Waals surface area contributed by atoms with Crippen molar-refractivity contribution in [1.82, 2.24) is 0 Å². The number of ether oxygens (including phenoxy) is 1. The second kappa shape index (κ2) is 7.08. The molecule has 0 bridgehead atoms. The summed E-state index contributed by atoms with van der Waals surface area (Å²) in [4.78, 5) is 11.7. The quantitative estimate of drug-likeness (QED) is 0.425. The van der Waals surface area contributed by atoms with Gasteiger partial charge in [0.2, 0.25) is 0 Å². The molecule has 11 heteroatoms. The lowest BCUT2D eigenvalue weighted by atomic mass is 10.1. The summed E-state index contributed by atoms with van der Waals surface area (Å²) in [6.07, 6.45) is -10.1. The molecule has 0 aliphatic heterocycles. The summed E-state index contributed by atoms with van der Waals surface area (Å²) in [7, 11) is -5.71. The first-order valence-electron chi connectivity index (χ1n) is 6.45. The first-order valence-corrected chi connectivity index (χ1v) is 7.86. The van der Waals surface area contributed by atoms with Crippen LogP contribution in [0.2, 0.25) is 0 Å². The Hall–Kier alpha value is -2.01. The highest BCUT2D eigenvalue weighted by Crippen LogP contribution is 2.39. The maximum absolute atomic E-state index is 13.7. The number of hydrogen-bond acceptors (Lipinski definition) is 5. The zero-order valence-electron chi connectivity index (χ0n) is 12.9. The molecule has 140 valence electrons. The minimum Gasteiger partial charge on any atom is -0.441 e. The summed E-state index contributed by atoms with van der Waals surface area (Å²) in [6.45, 7) is 5.23.